The highest BCUT2D eigenvalue weighted by Gasteiger charge is 2.56. The van der Waals surface area contributed by atoms with Gasteiger partial charge in [0.15, 0.2) is 23.1 Å². The lowest BCUT2D eigenvalue weighted by atomic mass is 10.0. The summed E-state index contributed by atoms with van der Waals surface area (Å²) in [5.74, 6) is -1.45. The summed E-state index contributed by atoms with van der Waals surface area (Å²) in [5.41, 5.74) is 1.79. The first-order valence-electron chi connectivity index (χ1n) is 20.4. The monoisotopic (exact) mass is 876 g/mol. The molecule has 0 unspecified atom stereocenters. The number of unbranched alkanes of at least 4 members (excludes halogenated alkanes) is 2. The van der Waals surface area contributed by atoms with Crippen molar-refractivity contribution < 1.29 is 42.2 Å². The second kappa shape index (κ2) is 19.9. The normalized spacial score (nSPS) is 13.2. The number of methoxy groups -OCH3 is 1. The Bertz CT molecular complexity index is 2670. The minimum atomic E-state index is -1.31. The highest BCUT2D eigenvalue weighted by molar-refractivity contribution is 8.14. The van der Waals surface area contributed by atoms with Gasteiger partial charge in [0.2, 0.25) is 22.8 Å². The average molecular weight is 877 g/mol. The van der Waals surface area contributed by atoms with Crippen molar-refractivity contribution in [1.29, 1.82) is 0 Å². The average Bonchev–Trinajstić information content (AvgIpc) is 4.05. The highest BCUT2D eigenvalue weighted by atomic mass is 32.2. The minimum Gasteiger partial charge on any atom is -0.493 e. The maximum absolute atomic E-state index is 15.4. The van der Waals surface area contributed by atoms with Gasteiger partial charge in [0.05, 0.1) is 25.0 Å². The van der Waals surface area contributed by atoms with E-state index < -0.39 is 34.9 Å². The molecule has 4 aromatic carbocycles. The minimum absolute atomic E-state index is 0.00139. The van der Waals surface area contributed by atoms with Crippen molar-refractivity contribution in [2.45, 2.75) is 44.6 Å². The lowest BCUT2D eigenvalue weighted by Gasteiger charge is -2.16. The number of aliphatic imine (C=N–C) groups is 1. The predicted molar refractivity (Wildman–Crippen MR) is 240 cm³/mol. The zero-order valence-corrected chi connectivity index (χ0v) is 35.6. The van der Waals surface area contributed by atoms with Crippen LogP contribution in [0.5, 0.6) is 23.0 Å². The molecule has 0 radical (unpaired) electrons. The summed E-state index contributed by atoms with van der Waals surface area (Å²) < 4.78 is 48.3. The number of para-hydroxylation sites is 1. The fraction of sp³-hybridized carbons (Fsp3) is 0.277. The fourth-order valence-electron chi connectivity index (χ4n) is 7.10. The lowest BCUT2D eigenvalue weighted by molar-refractivity contribution is -0.131. The molecule has 16 heteroatoms. The molecule has 1 aliphatic carbocycles. The second-order valence-electron chi connectivity index (χ2n) is 15.1. The number of nitrogens with one attached hydrogen (secondary N) is 3. The largest absolute Gasteiger partial charge is 0.493 e. The smallest absolute Gasteiger partial charge is 0.240 e. The molecule has 1 atom stereocenters. The maximum atomic E-state index is 15.4. The number of amides is 3. The third-order valence-electron chi connectivity index (χ3n) is 10.7. The van der Waals surface area contributed by atoms with E-state index in [4.69, 9.17) is 14.2 Å². The van der Waals surface area contributed by atoms with Crippen LogP contribution in [0.1, 0.15) is 37.7 Å². The summed E-state index contributed by atoms with van der Waals surface area (Å²) in [6, 6.07) is 21.5. The van der Waals surface area contributed by atoms with E-state index in [0.717, 1.165) is 40.7 Å². The molecule has 2 heterocycles. The van der Waals surface area contributed by atoms with Gasteiger partial charge in [0.25, 0.3) is 0 Å². The van der Waals surface area contributed by atoms with E-state index in [1.807, 2.05) is 42.1 Å². The van der Waals surface area contributed by atoms with Gasteiger partial charge in [0.1, 0.15) is 23.0 Å². The number of carbonyl (C=O) groups is 4. The van der Waals surface area contributed by atoms with Crippen molar-refractivity contribution in [1.82, 2.24) is 14.9 Å². The topological polar surface area (TPSA) is 162 Å². The molecule has 326 valence electrons. The summed E-state index contributed by atoms with van der Waals surface area (Å²) in [5, 5.41) is 9.55. The van der Waals surface area contributed by atoms with E-state index in [2.05, 4.69) is 32.6 Å². The van der Waals surface area contributed by atoms with Gasteiger partial charge in [-0.15, -0.1) is 0 Å². The van der Waals surface area contributed by atoms with E-state index in [9.17, 15) is 23.6 Å². The van der Waals surface area contributed by atoms with Crippen molar-refractivity contribution in [3.05, 3.63) is 115 Å². The Morgan fingerprint density at radius 1 is 0.873 bits per heavy atom. The number of pyridine rings is 1. The van der Waals surface area contributed by atoms with E-state index in [-0.39, 0.29) is 28.2 Å². The van der Waals surface area contributed by atoms with Crippen LogP contribution in [0.15, 0.2) is 102 Å². The van der Waals surface area contributed by atoms with Gasteiger partial charge >= 0.3 is 0 Å². The molecule has 0 spiro atoms. The number of nitrogens with zero attached hydrogens (tertiary/aromatic N) is 3. The summed E-state index contributed by atoms with van der Waals surface area (Å²) in [4.78, 5) is 60.0. The first kappa shape index (κ1) is 44.3. The Labute approximate surface area is 366 Å². The van der Waals surface area contributed by atoms with Crippen LogP contribution >= 0.6 is 11.8 Å². The number of rotatable bonds is 20. The van der Waals surface area contributed by atoms with Crippen molar-refractivity contribution >= 4 is 74.5 Å². The quantitative estimate of drug-likeness (QED) is 0.0389. The Kier molecular flexibility index (Phi) is 14.0. The molecule has 1 aliphatic rings. The van der Waals surface area contributed by atoms with Gasteiger partial charge in [-0.05, 0) is 99.0 Å². The van der Waals surface area contributed by atoms with Crippen molar-refractivity contribution in [2.24, 2.45) is 17.5 Å². The van der Waals surface area contributed by atoms with E-state index >= 15 is 4.39 Å². The Balaban J connectivity index is 0.847. The van der Waals surface area contributed by atoms with E-state index in [1.54, 1.807) is 18.2 Å². The molecule has 13 nitrogen and oxygen atoms in total. The molecule has 0 saturated heterocycles. The molecule has 63 heavy (non-hydrogen) atoms. The number of ether oxygens (including phenoxy) is 3. The first-order valence-corrected chi connectivity index (χ1v) is 21.3. The summed E-state index contributed by atoms with van der Waals surface area (Å²) in [6.45, 7) is 4.44. The molecular formula is C47H46F2N6O7S. The fourth-order valence-corrected chi connectivity index (χ4v) is 7.83. The highest BCUT2D eigenvalue weighted by Crippen LogP contribution is 2.48. The number of fused-ring (bicyclic) bond motifs is 2. The maximum Gasteiger partial charge on any atom is 0.240 e. The molecule has 3 amide bonds. The van der Waals surface area contributed by atoms with E-state index in [1.165, 1.54) is 49.7 Å². The van der Waals surface area contributed by atoms with Crippen LogP contribution < -0.4 is 30.2 Å². The number of anilines is 2. The number of thioether (sulfide) groups is 1. The summed E-state index contributed by atoms with van der Waals surface area (Å²) in [7, 11) is 3.46. The van der Waals surface area contributed by atoms with Crippen molar-refractivity contribution in [2.75, 3.05) is 36.6 Å². The molecule has 7 rings (SSSR count). The van der Waals surface area contributed by atoms with Crippen LogP contribution in [0, 0.1) is 17.0 Å². The number of halogens is 2. The number of hydrogen-bond acceptors (Lipinski definition) is 10. The van der Waals surface area contributed by atoms with E-state index in [0.29, 0.717) is 79.1 Å². The summed E-state index contributed by atoms with van der Waals surface area (Å²) >= 11 is 0.947. The number of carbonyl (C=O) groups excluding carboxylic acids is 4. The van der Waals surface area contributed by atoms with Crippen LogP contribution in [-0.2, 0) is 32.6 Å². The van der Waals surface area contributed by atoms with Crippen molar-refractivity contribution in [3.63, 3.8) is 0 Å². The zero-order chi connectivity index (χ0) is 44.5. The molecule has 1 fully saturated rings. The first-order chi connectivity index (χ1) is 30.5. The molecule has 6 aromatic rings. The summed E-state index contributed by atoms with van der Waals surface area (Å²) in [6.07, 6.45) is 6.75. The Morgan fingerprint density at radius 3 is 2.35 bits per heavy atom. The van der Waals surface area contributed by atoms with Crippen LogP contribution in [0.4, 0.5) is 20.2 Å². The van der Waals surface area contributed by atoms with Gasteiger partial charge < -0.3 is 34.7 Å². The van der Waals surface area contributed by atoms with Gasteiger partial charge in [-0.2, -0.15) is 0 Å². The van der Waals surface area contributed by atoms with Crippen LogP contribution in [-0.4, -0.2) is 71.2 Å². The lowest BCUT2D eigenvalue weighted by Crippen LogP contribution is -2.35. The van der Waals surface area contributed by atoms with Crippen LogP contribution in [0.2, 0.25) is 0 Å². The van der Waals surface area contributed by atoms with Gasteiger partial charge in [-0.1, -0.05) is 30.0 Å². The van der Waals surface area contributed by atoms with Crippen molar-refractivity contribution in [3.8, 4) is 23.0 Å². The van der Waals surface area contributed by atoms with Gasteiger partial charge in [-0.3, -0.25) is 29.2 Å². The third kappa shape index (κ3) is 10.6. The standard InChI is InChI=1S/C47H46F2N6O7S/c1-50-37(23-29-27-55(2)38-10-6-5-9-33(29)38)44(57)63-28-43(56)52-20-7-4-8-22-61-42-26-36-34(25-41(42)60-3)39(17-21-51-36)62-40-16-15-32(24-35(40)49)54-46(59)47(18-19-47)45(58)53-31-13-11-30(48)12-14-31/h5-6,9-17,21,24-27,37H,1,4,7-8,18-20,22-23,28H2,2-3H3,(H,52,56)(H,53,58)(H,54,59)/t37-/m1/s1. The predicted octanol–water partition coefficient (Wildman–Crippen LogP) is 8.40. The molecule has 0 aliphatic heterocycles. The zero-order valence-electron chi connectivity index (χ0n) is 34.7. The third-order valence-corrected chi connectivity index (χ3v) is 11.7. The van der Waals surface area contributed by atoms with Crippen LogP contribution in [0.3, 0.4) is 0 Å². The Morgan fingerprint density at radius 2 is 1.62 bits per heavy atom. The molecule has 1 saturated carbocycles. The van der Waals surface area contributed by atoms with Gasteiger partial charge in [-0.25, -0.2) is 8.78 Å². The number of benzene rings is 4. The number of aromatic nitrogens is 2. The molecular weight excluding hydrogens is 831 g/mol. The van der Waals surface area contributed by atoms with Crippen LogP contribution in [0.25, 0.3) is 21.8 Å². The number of aryl methyl sites for hydroxylation is 1. The molecule has 0 bridgehead atoms. The van der Waals surface area contributed by atoms with Gasteiger partial charge in [0, 0.05) is 72.2 Å². The SMILES string of the molecule is C=N[C@H](Cc1cn(C)c2ccccc12)C(=O)SCC(=O)NCCCCCOc1cc2nccc(Oc3ccc(NC(=O)C4(C(=O)Nc5ccc(F)cc5)CC4)cc3F)c2cc1OC. The second-order valence-corrected chi connectivity index (χ2v) is 16.1. The molecule has 3 N–H and O–H groups in total. The Hall–Kier alpha value is -6.81. The molecule has 2 aromatic heterocycles. The number of hydrogen-bond donors (Lipinski definition) is 3.